The Morgan fingerprint density at radius 1 is 1.12 bits per heavy atom. The fourth-order valence-electron chi connectivity index (χ4n) is 2.14. The fraction of sp³-hybridized carbons (Fsp3) is 0.385. The van der Waals surface area contributed by atoms with Gasteiger partial charge >= 0.3 is 0 Å². The van der Waals surface area contributed by atoms with E-state index in [1.54, 1.807) is 0 Å². The van der Waals surface area contributed by atoms with Crippen LogP contribution in [0.1, 0.15) is 31.7 Å². The van der Waals surface area contributed by atoms with Gasteiger partial charge in [0.1, 0.15) is 0 Å². The molecule has 1 aliphatic carbocycles. The Bertz CT molecular complexity index is 414. The minimum Gasteiger partial charge on any atom is -0.204 e. The highest BCUT2D eigenvalue weighted by molar-refractivity contribution is 5.32. The zero-order valence-corrected chi connectivity index (χ0v) is 9.06. The van der Waals surface area contributed by atoms with Gasteiger partial charge in [-0.25, -0.2) is 13.2 Å². The molecule has 0 heterocycles. The molecule has 0 N–H and O–H groups in total. The Balaban J connectivity index is 2.48. The molecule has 0 bridgehead atoms. The molecule has 0 spiro atoms. The van der Waals surface area contributed by atoms with Crippen LogP contribution in [0.3, 0.4) is 0 Å². The van der Waals surface area contributed by atoms with E-state index in [0.29, 0.717) is 5.56 Å². The Morgan fingerprint density at radius 3 is 2.25 bits per heavy atom. The smallest absolute Gasteiger partial charge is 0.194 e. The van der Waals surface area contributed by atoms with Gasteiger partial charge in [-0.05, 0) is 37.0 Å². The van der Waals surface area contributed by atoms with Crippen molar-refractivity contribution in [2.75, 3.05) is 0 Å². The molecule has 0 aliphatic heterocycles. The molecule has 0 saturated heterocycles. The van der Waals surface area contributed by atoms with E-state index in [-0.39, 0.29) is 5.41 Å². The van der Waals surface area contributed by atoms with Crippen LogP contribution in [0.25, 0.3) is 0 Å². The lowest BCUT2D eigenvalue weighted by molar-refractivity contribution is 0.433. The van der Waals surface area contributed by atoms with Gasteiger partial charge in [0.2, 0.25) is 0 Å². The second kappa shape index (κ2) is 3.96. The SMILES string of the molecule is C[C@]1(c2cc(F)c(F)c(F)c2)C=CCCC1. The molecule has 86 valence electrons. The molecule has 0 unspecified atom stereocenters. The third kappa shape index (κ3) is 1.86. The van der Waals surface area contributed by atoms with Crippen molar-refractivity contribution in [3.8, 4) is 0 Å². The molecule has 0 nitrogen and oxygen atoms in total. The van der Waals surface area contributed by atoms with Gasteiger partial charge in [-0.3, -0.25) is 0 Å². The maximum atomic E-state index is 13.1. The summed E-state index contributed by atoms with van der Waals surface area (Å²) in [4.78, 5) is 0. The van der Waals surface area contributed by atoms with E-state index in [0.717, 1.165) is 31.4 Å². The molecule has 0 radical (unpaired) electrons. The number of rotatable bonds is 1. The Labute approximate surface area is 92.8 Å². The highest BCUT2D eigenvalue weighted by Crippen LogP contribution is 2.35. The van der Waals surface area contributed by atoms with Crippen LogP contribution in [-0.2, 0) is 5.41 Å². The van der Waals surface area contributed by atoms with Crippen molar-refractivity contribution in [1.82, 2.24) is 0 Å². The van der Waals surface area contributed by atoms with E-state index in [2.05, 4.69) is 0 Å². The molecule has 1 aliphatic rings. The second-order valence-electron chi connectivity index (χ2n) is 4.47. The van der Waals surface area contributed by atoms with E-state index in [1.807, 2.05) is 19.1 Å². The summed E-state index contributed by atoms with van der Waals surface area (Å²) >= 11 is 0. The van der Waals surface area contributed by atoms with Gasteiger partial charge in [-0.2, -0.15) is 0 Å². The minimum atomic E-state index is -1.40. The van der Waals surface area contributed by atoms with E-state index in [4.69, 9.17) is 0 Å². The van der Waals surface area contributed by atoms with Crippen LogP contribution in [-0.4, -0.2) is 0 Å². The van der Waals surface area contributed by atoms with Gasteiger partial charge in [-0.1, -0.05) is 19.1 Å². The lowest BCUT2D eigenvalue weighted by atomic mass is 9.75. The van der Waals surface area contributed by atoms with E-state index < -0.39 is 17.5 Å². The van der Waals surface area contributed by atoms with Crippen molar-refractivity contribution in [3.05, 3.63) is 47.3 Å². The summed E-state index contributed by atoms with van der Waals surface area (Å²) in [5.41, 5.74) is 0.119. The summed E-state index contributed by atoms with van der Waals surface area (Å²) in [5.74, 6) is -3.63. The van der Waals surface area contributed by atoms with Crippen LogP contribution in [0.4, 0.5) is 13.2 Å². The predicted molar refractivity (Wildman–Crippen MR) is 56.7 cm³/mol. The molecule has 1 aromatic carbocycles. The molecule has 0 fully saturated rings. The Morgan fingerprint density at radius 2 is 1.75 bits per heavy atom. The maximum Gasteiger partial charge on any atom is 0.194 e. The van der Waals surface area contributed by atoms with Crippen molar-refractivity contribution in [1.29, 1.82) is 0 Å². The molecular formula is C13H13F3. The molecule has 1 aromatic rings. The highest BCUT2D eigenvalue weighted by atomic mass is 19.2. The van der Waals surface area contributed by atoms with E-state index in [1.165, 1.54) is 0 Å². The minimum absolute atomic E-state index is 0.381. The topological polar surface area (TPSA) is 0 Å². The van der Waals surface area contributed by atoms with Crippen molar-refractivity contribution in [2.45, 2.75) is 31.6 Å². The van der Waals surface area contributed by atoms with Crippen LogP contribution >= 0.6 is 0 Å². The van der Waals surface area contributed by atoms with Gasteiger partial charge in [0.25, 0.3) is 0 Å². The van der Waals surface area contributed by atoms with Crippen molar-refractivity contribution in [3.63, 3.8) is 0 Å². The van der Waals surface area contributed by atoms with Crippen molar-refractivity contribution in [2.24, 2.45) is 0 Å². The third-order valence-corrected chi connectivity index (χ3v) is 3.20. The molecule has 3 heteroatoms. The lowest BCUT2D eigenvalue weighted by Gasteiger charge is -2.29. The Kier molecular flexibility index (Phi) is 2.78. The summed E-state index contributed by atoms with van der Waals surface area (Å²) in [5, 5.41) is 0. The van der Waals surface area contributed by atoms with E-state index >= 15 is 0 Å². The summed E-state index contributed by atoms with van der Waals surface area (Å²) in [6.07, 6.45) is 6.74. The Hall–Kier alpha value is -1.25. The molecular weight excluding hydrogens is 213 g/mol. The summed E-state index contributed by atoms with van der Waals surface area (Å²) < 4.78 is 39.1. The monoisotopic (exact) mass is 226 g/mol. The highest BCUT2D eigenvalue weighted by Gasteiger charge is 2.27. The number of allylic oxidation sites excluding steroid dienone is 2. The fourth-order valence-corrected chi connectivity index (χ4v) is 2.14. The van der Waals surface area contributed by atoms with Crippen LogP contribution < -0.4 is 0 Å². The number of halogens is 3. The van der Waals surface area contributed by atoms with Crippen molar-refractivity contribution < 1.29 is 13.2 Å². The van der Waals surface area contributed by atoms with Crippen molar-refractivity contribution >= 4 is 0 Å². The molecule has 2 rings (SSSR count). The molecule has 16 heavy (non-hydrogen) atoms. The zero-order valence-electron chi connectivity index (χ0n) is 9.06. The summed E-state index contributed by atoms with van der Waals surface area (Å²) in [6.45, 7) is 1.91. The van der Waals surface area contributed by atoms with Gasteiger partial charge < -0.3 is 0 Å². The first-order valence-corrected chi connectivity index (χ1v) is 5.36. The normalized spacial score (nSPS) is 24.8. The molecule has 0 amide bonds. The number of hydrogen-bond acceptors (Lipinski definition) is 0. The third-order valence-electron chi connectivity index (χ3n) is 3.20. The molecule has 1 atom stereocenters. The van der Waals surface area contributed by atoms with Gasteiger partial charge in [0.15, 0.2) is 17.5 Å². The maximum absolute atomic E-state index is 13.1. The van der Waals surface area contributed by atoms with Crippen LogP contribution in [0.15, 0.2) is 24.3 Å². The average Bonchev–Trinajstić information content (AvgIpc) is 2.26. The number of benzene rings is 1. The molecule has 0 saturated carbocycles. The van der Waals surface area contributed by atoms with E-state index in [9.17, 15) is 13.2 Å². The van der Waals surface area contributed by atoms with Crippen LogP contribution in [0.2, 0.25) is 0 Å². The first-order chi connectivity index (χ1) is 7.53. The standard InChI is InChI=1S/C13H13F3/c1-13(5-3-2-4-6-13)9-7-10(14)12(16)11(15)8-9/h3,5,7-8H,2,4,6H2,1H3/t13-/m0/s1. The lowest BCUT2D eigenvalue weighted by Crippen LogP contribution is -2.21. The first kappa shape index (κ1) is 11.2. The summed E-state index contributed by atoms with van der Waals surface area (Å²) in [7, 11) is 0. The quantitative estimate of drug-likeness (QED) is 0.499. The zero-order chi connectivity index (χ0) is 11.8. The molecule has 0 aromatic heterocycles. The predicted octanol–water partition coefficient (Wildman–Crippen LogP) is 4.10. The largest absolute Gasteiger partial charge is 0.204 e. The first-order valence-electron chi connectivity index (χ1n) is 5.36. The summed E-state index contributed by atoms with van der Waals surface area (Å²) in [6, 6.07) is 2.18. The van der Waals surface area contributed by atoms with Gasteiger partial charge in [-0.15, -0.1) is 0 Å². The van der Waals surface area contributed by atoms with Crippen LogP contribution in [0, 0.1) is 17.5 Å². The second-order valence-corrected chi connectivity index (χ2v) is 4.47. The number of hydrogen-bond donors (Lipinski definition) is 0. The van der Waals surface area contributed by atoms with Crippen LogP contribution in [0.5, 0.6) is 0 Å². The van der Waals surface area contributed by atoms with Gasteiger partial charge in [0, 0.05) is 5.41 Å². The van der Waals surface area contributed by atoms with Gasteiger partial charge in [0.05, 0.1) is 0 Å². The average molecular weight is 226 g/mol.